The van der Waals surface area contributed by atoms with Crippen molar-refractivity contribution in [2.75, 3.05) is 23.5 Å². The third kappa shape index (κ3) is 3.33. The van der Waals surface area contributed by atoms with E-state index in [0.717, 1.165) is 17.9 Å². The second-order valence-corrected chi connectivity index (χ2v) is 6.71. The summed E-state index contributed by atoms with van der Waals surface area (Å²) in [7, 11) is -2.80. The third-order valence-corrected chi connectivity index (χ3v) is 4.37. The Balaban J connectivity index is 2.32. The van der Waals surface area contributed by atoms with Crippen LogP contribution in [-0.2, 0) is 9.84 Å². The van der Waals surface area contributed by atoms with Crippen molar-refractivity contribution in [3.05, 3.63) is 0 Å². The molecule has 1 heterocycles. The Bertz CT molecular complexity index is 238. The molecule has 1 fully saturated rings. The lowest BCUT2D eigenvalue weighted by Crippen LogP contribution is -2.29. The average Bonchev–Trinajstić information content (AvgIpc) is 2.29. The van der Waals surface area contributed by atoms with E-state index in [1.54, 1.807) is 0 Å². The fourth-order valence-corrected chi connectivity index (χ4v) is 3.41. The van der Waals surface area contributed by atoms with Crippen molar-refractivity contribution in [3.63, 3.8) is 0 Å². The van der Waals surface area contributed by atoms with Gasteiger partial charge in [-0.1, -0.05) is 0 Å². The van der Waals surface area contributed by atoms with E-state index in [0.29, 0.717) is 5.92 Å². The SMILES string of the molecule is CS(=O)(=O)CCC1CSCC1N. The number of sulfone groups is 1. The Labute approximate surface area is 78.0 Å². The first-order chi connectivity index (χ1) is 5.49. The Kier molecular flexibility index (Phi) is 3.43. The van der Waals surface area contributed by atoms with Gasteiger partial charge in [0.25, 0.3) is 0 Å². The fraction of sp³-hybridized carbons (Fsp3) is 1.00. The first-order valence-electron chi connectivity index (χ1n) is 4.00. The molecule has 1 rings (SSSR count). The predicted molar refractivity (Wildman–Crippen MR) is 53.1 cm³/mol. The number of hydrogen-bond acceptors (Lipinski definition) is 4. The van der Waals surface area contributed by atoms with Crippen LogP contribution in [-0.4, -0.2) is 38.0 Å². The molecule has 0 saturated carbocycles. The summed E-state index contributed by atoms with van der Waals surface area (Å²) in [6, 6.07) is 0.205. The molecule has 0 bridgehead atoms. The molecule has 12 heavy (non-hydrogen) atoms. The lowest BCUT2D eigenvalue weighted by atomic mass is 10.0. The summed E-state index contributed by atoms with van der Waals surface area (Å²) in [6.45, 7) is 0. The van der Waals surface area contributed by atoms with Crippen molar-refractivity contribution in [2.24, 2.45) is 11.7 Å². The van der Waals surface area contributed by atoms with Crippen LogP contribution in [0.3, 0.4) is 0 Å². The topological polar surface area (TPSA) is 60.2 Å². The molecule has 1 saturated heterocycles. The molecule has 5 heteroatoms. The first kappa shape index (κ1) is 10.3. The van der Waals surface area contributed by atoms with Crippen molar-refractivity contribution in [3.8, 4) is 0 Å². The third-order valence-electron chi connectivity index (χ3n) is 2.11. The van der Waals surface area contributed by atoms with E-state index in [4.69, 9.17) is 5.73 Å². The molecule has 3 nitrogen and oxygen atoms in total. The summed E-state index contributed by atoms with van der Waals surface area (Å²) in [5.74, 6) is 2.70. The fourth-order valence-electron chi connectivity index (χ4n) is 1.28. The second-order valence-electron chi connectivity index (χ2n) is 3.38. The minimum atomic E-state index is -2.80. The Hall–Kier alpha value is 0.260. The van der Waals surface area contributed by atoms with Crippen LogP contribution in [0.2, 0.25) is 0 Å². The van der Waals surface area contributed by atoms with Gasteiger partial charge in [-0.15, -0.1) is 0 Å². The van der Waals surface area contributed by atoms with E-state index >= 15 is 0 Å². The zero-order valence-electron chi connectivity index (χ0n) is 7.19. The minimum Gasteiger partial charge on any atom is -0.327 e. The summed E-state index contributed by atoms with van der Waals surface area (Å²) in [4.78, 5) is 0. The van der Waals surface area contributed by atoms with Gasteiger partial charge in [0.15, 0.2) is 0 Å². The summed E-state index contributed by atoms with van der Waals surface area (Å²) in [6.07, 6.45) is 2.01. The molecule has 0 aromatic carbocycles. The highest BCUT2D eigenvalue weighted by molar-refractivity contribution is 7.99. The zero-order valence-corrected chi connectivity index (χ0v) is 8.83. The van der Waals surface area contributed by atoms with E-state index in [2.05, 4.69) is 0 Å². The number of thioether (sulfide) groups is 1. The van der Waals surface area contributed by atoms with Gasteiger partial charge >= 0.3 is 0 Å². The monoisotopic (exact) mass is 209 g/mol. The molecule has 1 aliphatic heterocycles. The molecule has 0 radical (unpaired) electrons. The molecular formula is C7H15NO2S2. The highest BCUT2D eigenvalue weighted by Gasteiger charge is 2.24. The van der Waals surface area contributed by atoms with Gasteiger partial charge in [-0.3, -0.25) is 0 Å². The lowest BCUT2D eigenvalue weighted by Gasteiger charge is -2.12. The van der Waals surface area contributed by atoms with Gasteiger partial charge in [-0.2, -0.15) is 11.8 Å². The highest BCUT2D eigenvalue weighted by Crippen LogP contribution is 2.25. The van der Waals surface area contributed by atoms with Gasteiger partial charge in [0.1, 0.15) is 9.84 Å². The van der Waals surface area contributed by atoms with Gasteiger partial charge in [0, 0.05) is 18.1 Å². The quantitative estimate of drug-likeness (QED) is 0.717. The molecule has 2 N–H and O–H groups in total. The second kappa shape index (κ2) is 3.98. The lowest BCUT2D eigenvalue weighted by molar-refractivity contribution is 0.498. The van der Waals surface area contributed by atoms with Crippen molar-refractivity contribution >= 4 is 21.6 Å². The van der Waals surface area contributed by atoms with Crippen LogP contribution in [0.1, 0.15) is 6.42 Å². The van der Waals surface area contributed by atoms with Crippen LogP contribution in [0.5, 0.6) is 0 Å². The number of rotatable bonds is 3. The molecular weight excluding hydrogens is 194 g/mol. The maximum atomic E-state index is 10.8. The minimum absolute atomic E-state index is 0.205. The van der Waals surface area contributed by atoms with Crippen molar-refractivity contribution < 1.29 is 8.42 Å². The Morgan fingerprint density at radius 2 is 2.17 bits per heavy atom. The summed E-state index contributed by atoms with van der Waals surface area (Å²) < 4.78 is 21.7. The maximum Gasteiger partial charge on any atom is 0.147 e. The van der Waals surface area contributed by atoms with Crippen LogP contribution in [0.15, 0.2) is 0 Å². The van der Waals surface area contributed by atoms with E-state index in [9.17, 15) is 8.42 Å². The van der Waals surface area contributed by atoms with Crippen LogP contribution in [0, 0.1) is 5.92 Å². The molecule has 2 atom stereocenters. The van der Waals surface area contributed by atoms with Crippen molar-refractivity contribution in [1.82, 2.24) is 0 Å². The van der Waals surface area contributed by atoms with E-state index in [1.165, 1.54) is 6.26 Å². The summed E-state index contributed by atoms with van der Waals surface area (Å²) in [5, 5.41) is 0. The van der Waals surface area contributed by atoms with Gasteiger partial charge in [-0.05, 0) is 18.1 Å². The summed E-state index contributed by atoms with van der Waals surface area (Å²) >= 11 is 1.82. The standard InChI is InChI=1S/C7H15NO2S2/c1-12(9,10)3-2-6-4-11-5-7(6)8/h6-7H,2-5,8H2,1H3. The van der Waals surface area contributed by atoms with Crippen LogP contribution >= 0.6 is 11.8 Å². The smallest absolute Gasteiger partial charge is 0.147 e. The van der Waals surface area contributed by atoms with E-state index < -0.39 is 9.84 Å². The Morgan fingerprint density at radius 3 is 2.58 bits per heavy atom. The van der Waals surface area contributed by atoms with Gasteiger partial charge in [0.2, 0.25) is 0 Å². The molecule has 0 aromatic rings. The molecule has 0 aliphatic carbocycles. The van der Waals surface area contributed by atoms with Gasteiger partial charge in [0.05, 0.1) is 5.75 Å². The normalized spacial score (nSPS) is 30.8. The molecule has 0 amide bonds. The molecule has 72 valence electrons. The Morgan fingerprint density at radius 1 is 1.50 bits per heavy atom. The predicted octanol–water partition coefficient (Wildman–Crippen LogP) is 0.111. The molecule has 2 unspecified atom stereocenters. The highest BCUT2D eigenvalue weighted by atomic mass is 32.2. The first-order valence-corrected chi connectivity index (χ1v) is 7.21. The largest absolute Gasteiger partial charge is 0.327 e. The van der Waals surface area contributed by atoms with Crippen LogP contribution < -0.4 is 5.73 Å². The van der Waals surface area contributed by atoms with Crippen molar-refractivity contribution in [1.29, 1.82) is 0 Å². The molecule has 1 aliphatic rings. The van der Waals surface area contributed by atoms with Crippen LogP contribution in [0.25, 0.3) is 0 Å². The molecule has 0 spiro atoms. The van der Waals surface area contributed by atoms with E-state index in [-0.39, 0.29) is 11.8 Å². The van der Waals surface area contributed by atoms with Crippen molar-refractivity contribution in [2.45, 2.75) is 12.5 Å². The van der Waals surface area contributed by atoms with Gasteiger partial charge in [-0.25, -0.2) is 8.42 Å². The number of hydrogen-bond donors (Lipinski definition) is 1. The van der Waals surface area contributed by atoms with E-state index in [1.807, 2.05) is 11.8 Å². The summed E-state index contributed by atoms with van der Waals surface area (Å²) in [5.41, 5.74) is 5.79. The molecule has 0 aromatic heterocycles. The zero-order chi connectivity index (χ0) is 9.19. The number of nitrogens with two attached hydrogens (primary N) is 1. The average molecular weight is 209 g/mol. The maximum absolute atomic E-state index is 10.8. The van der Waals surface area contributed by atoms with Gasteiger partial charge < -0.3 is 5.73 Å². The van der Waals surface area contributed by atoms with Crippen LogP contribution in [0.4, 0.5) is 0 Å².